The Labute approximate surface area is 109 Å². The number of fused-ring (bicyclic) bond motifs is 1. The van der Waals surface area contributed by atoms with Gasteiger partial charge in [-0.05, 0) is 17.7 Å². The second-order valence-corrected chi connectivity index (χ2v) is 3.98. The molecule has 0 amide bonds. The molecule has 0 unspecified atom stereocenters. The van der Waals surface area contributed by atoms with E-state index in [1.807, 2.05) is 18.2 Å². The summed E-state index contributed by atoms with van der Waals surface area (Å²) in [6.45, 7) is 0.443. The van der Waals surface area contributed by atoms with E-state index >= 15 is 0 Å². The van der Waals surface area contributed by atoms with Crippen LogP contribution in [0.5, 0.6) is 17.4 Å². The molecule has 0 atom stereocenters. The van der Waals surface area contributed by atoms with E-state index in [-0.39, 0.29) is 13.4 Å². The van der Waals surface area contributed by atoms with Gasteiger partial charge in [-0.1, -0.05) is 6.07 Å². The second kappa shape index (κ2) is 5.11. The Morgan fingerprint density at radius 1 is 1.21 bits per heavy atom. The van der Waals surface area contributed by atoms with Crippen LogP contribution in [0.15, 0.2) is 30.6 Å². The Morgan fingerprint density at radius 2 is 2.11 bits per heavy atom. The van der Waals surface area contributed by atoms with E-state index in [1.165, 1.54) is 12.4 Å². The molecule has 0 saturated heterocycles. The highest BCUT2D eigenvalue weighted by molar-refractivity contribution is 5.44. The standard InChI is InChI=1S/C13H12N2O4/c16-6-10-4-14-5-13(15-10)17-7-9-1-2-11-12(3-9)19-8-18-11/h1-5,16H,6-8H2. The topological polar surface area (TPSA) is 73.7 Å². The van der Waals surface area contributed by atoms with Gasteiger partial charge in [0.25, 0.3) is 0 Å². The molecule has 1 aliphatic heterocycles. The molecule has 2 aromatic rings. The summed E-state index contributed by atoms with van der Waals surface area (Å²) in [5, 5.41) is 8.96. The number of hydrogen-bond acceptors (Lipinski definition) is 6. The van der Waals surface area contributed by atoms with Crippen molar-refractivity contribution in [3.63, 3.8) is 0 Å². The van der Waals surface area contributed by atoms with Gasteiger partial charge in [-0.15, -0.1) is 0 Å². The molecule has 1 aromatic carbocycles. The van der Waals surface area contributed by atoms with Crippen molar-refractivity contribution in [2.45, 2.75) is 13.2 Å². The van der Waals surface area contributed by atoms with E-state index in [9.17, 15) is 0 Å². The molecule has 0 radical (unpaired) electrons. The van der Waals surface area contributed by atoms with Crippen molar-refractivity contribution in [1.82, 2.24) is 9.97 Å². The molecule has 98 valence electrons. The van der Waals surface area contributed by atoms with Gasteiger partial charge in [0.2, 0.25) is 12.7 Å². The summed E-state index contributed by atoms with van der Waals surface area (Å²) in [6, 6.07) is 5.61. The minimum atomic E-state index is -0.159. The van der Waals surface area contributed by atoms with E-state index < -0.39 is 0 Å². The second-order valence-electron chi connectivity index (χ2n) is 3.98. The number of aliphatic hydroxyl groups is 1. The summed E-state index contributed by atoms with van der Waals surface area (Å²) >= 11 is 0. The largest absolute Gasteiger partial charge is 0.472 e. The van der Waals surface area contributed by atoms with Crippen LogP contribution in [0.4, 0.5) is 0 Å². The van der Waals surface area contributed by atoms with Crippen LogP contribution in [0.25, 0.3) is 0 Å². The molecular formula is C13H12N2O4. The summed E-state index contributed by atoms with van der Waals surface area (Å²) in [5.74, 6) is 1.84. The molecule has 3 rings (SSSR count). The summed E-state index contributed by atoms with van der Waals surface area (Å²) in [6.07, 6.45) is 3.00. The zero-order valence-corrected chi connectivity index (χ0v) is 10.1. The van der Waals surface area contributed by atoms with E-state index in [2.05, 4.69) is 9.97 Å². The Hall–Kier alpha value is -2.34. The fraction of sp³-hybridized carbons (Fsp3) is 0.231. The van der Waals surface area contributed by atoms with Gasteiger partial charge in [-0.2, -0.15) is 0 Å². The van der Waals surface area contributed by atoms with Gasteiger partial charge in [0.15, 0.2) is 11.5 Å². The average molecular weight is 260 g/mol. The molecule has 0 aliphatic carbocycles. The summed E-state index contributed by atoms with van der Waals surface area (Å²) in [5.41, 5.74) is 1.42. The van der Waals surface area contributed by atoms with Crippen molar-refractivity contribution in [2.75, 3.05) is 6.79 Å². The Morgan fingerprint density at radius 3 is 3.00 bits per heavy atom. The lowest BCUT2D eigenvalue weighted by atomic mass is 10.2. The lowest BCUT2D eigenvalue weighted by molar-refractivity contribution is 0.174. The first-order chi connectivity index (χ1) is 9.35. The van der Waals surface area contributed by atoms with Crippen LogP contribution in [0, 0.1) is 0 Å². The normalized spacial score (nSPS) is 12.5. The fourth-order valence-electron chi connectivity index (χ4n) is 1.72. The highest BCUT2D eigenvalue weighted by atomic mass is 16.7. The van der Waals surface area contributed by atoms with Gasteiger partial charge in [-0.25, -0.2) is 4.98 Å². The number of benzene rings is 1. The average Bonchev–Trinajstić information content (AvgIpc) is 2.93. The Kier molecular flexibility index (Phi) is 3.16. The lowest BCUT2D eigenvalue weighted by Gasteiger charge is -2.06. The molecule has 0 bridgehead atoms. The third-order valence-corrected chi connectivity index (χ3v) is 2.65. The van der Waals surface area contributed by atoms with E-state index in [1.54, 1.807) is 0 Å². The summed E-state index contributed by atoms with van der Waals surface area (Å²) < 4.78 is 16.0. The first-order valence-electron chi connectivity index (χ1n) is 5.78. The lowest BCUT2D eigenvalue weighted by Crippen LogP contribution is -2.00. The maximum atomic E-state index is 8.96. The predicted molar refractivity (Wildman–Crippen MR) is 64.9 cm³/mol. The molecule has 1 aromatic heterocycles. The van der Waals surface area contributed by atoms with E-state index in [0.29, 0.717) is 18.2 Å². The zero-order chi connectivity index (χ0) is 13.1. The first-order valence-corrected chi connectivity index (χ1v) is 5.78. The van der Waals surface area contributed by atoms with Crippen LogP contribution in [-0.4, -0.2) is 21.9 Å². The van der Waals surface area contributed by atoms with Crippen LogP contribution < -0.4 is 14.2 Å². The van der Waals surface area contributed by atoms with Gasteiger partial charge in [-0.3, -0.25) is 4.98 Å². The quantitative estimate of drug-likeness (QED) is 0.892. The molecular weight excluding hydrogens is 248 g/mol. The molecule has 6 nitrogen and oxygen atoms in total. The highest BCUT2D eigenvalue weighted by Gasteiger charge is 2.13. The number of rotatable bonds is 4. The number of hydrogen-bond donors (Lipinski definition) is 1. The van der Waals surface area contributed by atoms with Crippen LogP contribution in [-0.2, 0) is 13.2 Å². The molecule has 1 aliphatic rings. The number of nitrogens with zero attached hydrogens (tertiary/aromatic N) is 2. The van der Waals surface area contributed by atoms with Crippen molar-refractivity contribution in [3.8, 4) is 17.4 Å². The predicted octanol–water partition coefficient (Wildman–Crippen LogP) is 1.28. The SMILES string of the molecule is OCc1cncc(OCc2ccc3c(c2)OCO3)n1. The fourth-order valence-corrected chi connectivity index (χ4v) is 1.72. The van der Waals surface area contributed by atoms with Crippen LogP contribution in [0.1, 0.15) is 11.3 Å². The van der Waals surface area contributed by atoms with Gasteiger partial charge in [0.1, 0.15) is 6.61 Å². The van der Waals surface area contributed by atoms with Crippen molar-refractivity contribution < 1.29 is 19.3 Å². The van der Waals surface area contributed by atoms with Crippen LogP contribution in [0.3, 0.4) is 0 Å². The first kappa shape index (κ1) is 11.7. The van der Waals surface area contributed by atoms with Crippen molar-refractivity contribution in [3.05, 3.63) is 41.9 Å². The molecule has 2 heterocycles. The summed E-state index contributed by atoms with van der Waals surface area (Å²) in [4.78, 5) is 8.02. The third kappa shape index (κ3) is 2.58. The molecule has 19 heavy (non-hydrogen) atoms. The van der Waals surface area contributed by atoms with Gasteiger partial charge in [0, 0.05) is 0 Å². The minimum Gasteiger partial charge on any atom is -0.472 e. The van der Waals surface area contributed by atoms with Crippen LogP contribution in [0.2, 0.25) is 0 Å². The van der Waals surface area contributed by atoms with Gasteiger partial charge >= 0.3 is 0 Å². The third-order valence-electron chi connectivity index (χ3n) is 2.65. The van der Waals surface area contributed by atoms with Crippen molar-refractivity contribution in [2.24, 2.45) is 0 Å². The van der Waals surface area contributed by atoms with E-state index in [4.69, 9.17) is 19.3 Å². The molecule has 0 saturated carbocycles. The molecule has 0 fully saturated rings. The monoisotopic (exact) mass is 260 g/mol. The van der Waals surface area contributed by atoms with Crippen LogP contribution >= 0.6 is 0 Å². The minimum absolute atomic E-state index is 0.159. The smallest absolute Gasteiger partial charge is 0.232 e. The summed E-state index contributed by atoms with van der Waals surface area (Å²) in [7, 11) is 0. The number of aromatic nitrogens is 2. The maximum absolute atomic E-state index is 8.96. The molecule has 0 spiro atoms. The van der Waals surface area contributed by atoms with Crippen molar-refractivity contribution in [1.29, 1.82) is 0 Å². The Balaban J connectivity index is 1.68. The zero-order valence-electron chi connectivity index (χ0n) is 10.1. The highest BCUT2D eigenvalue weighted by Crippen LogP contribution is 2.32. The maximum Gasteiger partial charge on any atom is 0.232 e. The number of aliphatic hydroxyl groups excluding tert-OH is 1. The van der Waals surface area contributed by atoms with Gasteiger partial charge < -0.3 is 19.3 Å². The van der Waals surface area contributed by atoms with Crippen molar-refractivity contribution >= 4 is 0 Å². The molecule has 1 N–H and O–H groups in total. The van der Waals surface area contributed by atoms with E-state index in [0.717, 1.165) is 17.1 Å². The molecule has 6 heteroatoms. The Bertz CT molecular complexity index is 589. The number of ether oxygens (including phenoxy) is 3. The van der Waals surface area contributed by atoms with Gasteiger partial charge in [0.05, 0.1) is 24.7 Å².